The van der Waals surface area contributed by atoms with E-state index in [1.165, 1.54) is 17.4 Å². The molecule has 0 aromatic heterocycles. The third kappa shape index (κ3) is 4.83. The van der Waals surface area contributed by atoms with Gasteiger partial charge in [0.05, 0.1) is 11.5 Å². The molecule has 0 radical (unpaired) electrons. The summed E-state index contributed by atoms with van der Waals surface area (Å²) in [5.41, 5.74) is 1.08. The van der Waals surface area contributed by atoms with Crippen LogP contribution in [0.2, 0.25) is 0 Å². The number of ether oxygens (including phenoxy) is 1. The molecule has 1 saturated carbocycles. The van der Waals surface area contributed by atoms with E-state index in [1.807, 2.05) is 0 Å². The van der Waals surface area contributed by atoms with Crippen molar-refractivity contribution in [1.82, 2.24) is 4.90 Å². The average molecular weight is 329 g/mol. The summed E-state index contributed by atoms with van der Waals surface area (Å²) in [7, 11) is -1.48. The lowest BCUT2D eigenvalue weighted by atomic mass is 9.95. The van der Waals surface area contributed by atoms with Gasteiger partial charge in [-0.15, -0.1) is 0 Å². The van der Waals surface area contributed by atoms with Crippen molar-refractivity contribution < 1.29 is 22.7 Å². The first-order valence-electron chi connectivity index (χ1n) is 7.70. The largest absolute Gasteiger partial charge is 0.452 e. The van der Waals surface area contributed by atoms with E-state index in [0.717, 1.165) is 31.3 Å². The maximum Gasteiger partial charge on any atom is 0.331 e. The summed E-state index contributed by atoms with van der Waals surface area (Å²) < 4.78 is 27.8. The van der Waals surface area contributed by atoms with Crippen molar-refractivity contribution in [3.63, 3.8) is 0 Å². The molecule has 7 heteroatoms. The normalized spacial score (nSPS) is 23.9. The molecule has 0 aromatic rings. The fourth-order valence-electron chi connectivity index (χ4n) is 2.88. The van der Waals surface area contributed by atoms with Crippen molar-refractivity contribution in [2.24, 2.45) is 0 Å². The smallest absolute Gasteiger partial charge is 0.331 e. The molecule has 2 aliphatic rings. The Morgan fingerprint density at radius 3 is 2.55 bits per heavy atom. The van der Waals surface area contributed by atoms with Gasteiger partial charge < -0.3 is 9.64 Å². The minimum Gasteiger partial charge on any atom is -0.452 e. The van der Waals surface area contributed by atoms with Gasteiger partial charge in [-0.05, 0) is 32.1 Å². The zero-order chi connectivity index (χ0) is 16.2. The molecule has 2 rings (SSSR count). The average Bonchev–Trinajstić information content (AvgIpc) is 2.85. The Balaban J connectivity index is 1.78. The van der Waals surface area contributed by atoms with Gasteiger partial charge >= 0.3 is 5.97 Å². The monoisotopic (exact) mass is 329 g/mol. The summed E-state index contributed by atoms with van der Waals surface area (Å²) in [5.74, 6) is -0.746. The van der Waals surface area contributed by atoms with Crippen LogP contribution in [0.25, 0.3) is 0 Å². The lowest BCUT2D eigenvalue weighted by Gasteiger charge is -2.23. The lowest BCUT2D eigenvalue weighted by Crippen LogP contribution is -2.40. The van der Waals surface area contributed by atoms with E-state index in [-0.39, 0.29) is 30.1 Å². The van der Waals surface area contributed by atoms with E-state index in [0.29, 0.717) is 6.42 Å². The minimum atomic E-state index is -3.04. The predicted molar refractivity (Wildman–Crippen MR) is 82.0 cm³/mol. The molecule has 22 heavy (non-hydrogen) atoms. The van der Waals surface area contributed by atoms with E-state index in [4.69, 9.17) is 4.74 Å². The highest BCUT2D eigenvalue weighted by atomic mass is 32.2. The van der Waals surface area contributed by atoms with Crippen molar-refractivity contribution in [3.05, 3.63) is 11.6 Å². The fourth-order valence-corrected chi connectivity index (χ4v) is 4.65. The van der Waals surface area contributed by atoms with Gasteiger partial charge in [0.15, 0.2) is 16.4 Å². The number of rotatable bonds is 4. The molecule has 1 saturated heterocycles. The van der Waals surface area contributed by atoms with Crippen LogP contribution in [-0.2, 0) is 24.2 Å². The van der Waals surface area contributed by atoms with Crippen LogP contribution in [0.3, 0.4) is 0 Å². The summed E-state index contributed by atoms with van der Waals surface area (Å²) in [4.78, 5) is 25.0. The van der Waals surface area contributed by atoms with Gasteiger partial charge in [0, 0.05) is 19.2 Å². The van der Waals surface area contributed by atoms with Crippen LogP contribution in [0.1, 0.15) is 38.5 Å². The van der Waals surface area contributed by atoms with Gasteiger partial charge in [0.25, 0.3) is 5.91 Å². The van der Waals surface area contributed by atoms with Crippen molar-refractivity contribution in [2.75, 3.05) is 25.2 Å². The number of sulfone groups is 1. The molecule has 2 fully saturated rings. The molecule has 0 aromatic carbocycles. The Hall–Kier alpha value is -1.37. The Kier molecular flexibility index (Phi) is 5.61. The standard InChI is InChI=1S/C15H23NO5S/c1-16(13-7-8-22(19,20)11-13)14(17)10-21-15(18)9-12-5-3-2-4-6-12/h9,13H,2-8,10-11H2,1H3/t13-/m0/s1. The summed E-state index contributed by atoms with van der Waals surface area (Å²) in [6, 6.07) is -0.312. The number of esters is 1. The maximum absolute atomic E-state index is 12.0. The first-order chi connectivity index (χ1) is 10.4. The molecule has 1 heterocycles. The van der Waals surface area contributed by atoms with Gasteiger partial charge in [-0.2, -0.15) is 0 Å². The van der Waals surface area contributed by atoms with Gasteiger partial charge in [-0.25, -0.2) is 13.2 Å². The van der Waals surface area contributed by atoms with Crippen LogP contribution < -0.4 is 0 Å². The van der Waals surface area contributed by atoms with Crippen molar-refractivity contribution >= 4 is 21.7 Å². The Morgan fingerprint density at radius 1 is 1.27 bits per heavy atom. The second-order valence-electron chi connectivity index (χ2n) is 6.03. The molecule has 0 bridgehead atoms. The molecule has 1 aliphatic heterocycles. The molecule has 124 valence electrons. The number of likely N-dealkylation sites (N-methyl/N-ethyl adjacent to an activating group) is 1. The highest BCUT2D eigenvalue weighted by Gasteiger charge is 2.32. The molecular weight excluding hydrogens is 306 g/mol. The Morgan fingerprint density at radius 2 is 1.95 bits per heavy atom. The fraction of sp³-hybridized carbons (Fsp3) is 0.733. The number of amides is 1. The third-order valence-corrected chi connectivity index (χ3v) is 6.06. The van der Waals surface area contributed by atoms with Crippen molar-refractivity contribution in [1.29, 1.82) is 0 Å². The maximum atomic E-state index is 12.0. The topological polar surface area (TPSA) is 80.8 Å². The molecule has 6 nitrogen and oxygen atoms in total. The van der Waals surface area contributed by atoms with Crippen LogP contribution in [0, 0.1) is 0 Å². The van der Waals surface area contributed by atoms with Crippen molar-refractivity contribution in [2.45, 2.75) is 44.6 Å². The summed E-state index contributed by atoms with van der Waals surface area (Å²) in [5, 5.41) is 0. The zero-order valence-electron chi connectivity index (χ0n) is 12.9. The number of hydrogen-bond acceptors (Lipinski definition) is 5. The van der Waals surface area contributed by atoms with Gasteiger partial charge in [0.1, 0.15) is 0 Å². The number of carbonyl (C=O) groups is 2. The molecule has 1 aliphatic carbocycles. The number of carbonyl (C=O) groups excluding carboxylic acids is 2. The quantitative estimate of drug-likeness (QED) is 0.569. The van der Waals surface area contributed by atoms with E-state index in [9.17, 15) is 18.0 Å². The summed E-state index contributed by atoms with van der Waals surface area (Å²) in [6.45, 7) is -0.338. The highest BCUT2D eigenvalue weighted by molar-refractivity contribution is 7.91. The van der Waals surface area contributed by atoms with Crippen LogP contribution in [0.4, 0.5) is 0 Å². The first kappa shape index (κ1) is 17.0. The van der Waals surface area contributed by atoms with E-state index in [2.05, 4.69) is 0 Å². The van der Waals surface area contributed by atoms with E-state index < -0.39 is 15.8 Å². The van der Waals surface area contributed by atoms with E-state index in [1.54, 1.807) is 7.05 Å². The van der Waals surface area contributed by atoms with Crippen LogP contribution in [0.5, 0.6) is 0 Å². The third-order valence-electron chi connectivity index (χ3n) is 4.31. The minimum absolute atomic E-state index is 0.00671. The number of hydrogen-bond donors (Lipinski definition) is 0. The summed E-state index contributed by atoms with van der Waals surface area (Å²) >= 11 is 0. The second-order valence-corrected chi connectivity index (χ2v) is 8.26. The first-order valence-corrected chi connectivity index (χ1v) is 9.52. The Labute approximate surface area is 131 Å². The van der Waals surface area contributed by atoms with Crippen LogP contribution in [0.15, 0.2) is 11.6 Å². The molecule has 0 N–H and O–H groups in total. The number of nitrogens with zero attached hydrogens (tertiary/aromatic N) is 1. The van der Waals surface area contributed by atoms with E-state index >= 15 is 0 Å². The molecule has 1 amide bonds. The predicted octanol–water partition coefficient (Wildman–Crippen LogP) is 1.07. The SMILES string of the molecule is CN(C(=O)COC(=O)C=C1CCCCC1)[C@H]1CCS(=O)(=O)C1. The lowest BCUT2D eigenvalue weighted by molar-refractivity contribution is -0.148. The molecular formula is C15H23NO5S. The van der Waals surface area contributed by atoms with Crippen molar-refractivity contribution in [3.8, 4) is 0 Å². The Bertz CT molecular complexity index is 558. The van der Waals surface area contributed by atoms with Gasteiger partial charge in [-0.3, -0.25) is 4.79 Å². The highest BCUT2D eigenvalue weighted by Crippen LogP contribution is 2.22. The molecule has 1 atom stereocenters. The van der Waals surface area contributed by atoms with Gasteiger partial charge in [0.2, 0.25) is 0 Å². The molecule has 0 unspecified atom stereocenters. The molecule has 0 spiro atoms. The second kappa shape index (κ2) is 7.26. The van der Waals surface area contributed by atoms with Gasteiger partial charge in [-0.1, -0.05) is 12.0 Å². The van der Waals surface area contributed by atoms with Crippen LogP contribution >= 0.6 is 0 Å². The number of allylic oxidation sites excluding steroid dienone is 1. The zero-order valence-corrected chi connectivity index (χ0v) is 13.7. The summed E-state index contributed by atoms with van der Waals surface area (Å²) in [6.07, 6.45) is 7.16. The van der Waals surface area contributed by atoms with Crippen LogP contribution in [-0.4, -0.2) is 56.4 Å².